The van der Waals surface area contributed by atoms with Crippen LogP contribution in [0.5, 0.6) is 0 Å². The maximum absolute atomic E-state index is 13.0. The van der Waals surface area contributed by atoms with E-state index in [0.29, 0.717) is 5.56 Å². The van der Waals surface area contributed by atoms with Gasteiger partial charge in [0.25, 0.3) is 0 Å². The van der Waals surface area contributed by atoms with Crippen molar-refractivity contribution < 1.29 is 19.1 Å². The van der Waals surface area contributed by atoms with Crippen LogP contribution in [0, 0.1) is 12.7 Å². The van der Waals surface area contributed by atoms with Crippen molar-refractivity contribution in [3.63, 3.8) is 0 Å². The molecule has 110 valence electrons. The first-order chi connectivity index (χ1) is 9.90. The number of hydrogen-bond donors (Lipinski definition) is 1. The summed E-state index contributed by atoms with van der Waals surface area (Å²) in [5.41, 5.74) is 2.75. The fourth-order valence-corrected chi connectivity index (χ4v) is 2.36. The highest BCUT2D eigenvalue weighted by atomic mass is 19.1. The normalized spacial score (nSPS) is 10.6. The van der Waals surface area contributed by atoms with E-state index in [0.717, 1.165) is 17.0 Å². The van der Waals surface area contributed by atoms with Crippen molar-refractivity contribution in [3.05, 3.63) is 47.4 Å². The monoisotopic (exact) mass is 289 g/mol. The van der Waals surface area contributed by atoms with Gasteiger partial charge in [-0.15, -0.1) is 0 Å². The number of rotatable bonds is 5. The van der Waals surface area contributed by atoms with E-state index < -0.39 is 5.97 Å². The third-order valence-electron chi connectivity index (χ3n) is 3.44. The van der Waals surface area contributed by atoms with Crippen LogP contribution < -0.4 is 0 Å². The lowest BCUT2D eigenvalue weighted by Crippen LogP contribution is -2.08. The Morgan fingerprint density at radius 2 is 1.86 bits per heavy atom. The topological polar surface area (TPSA) is 59.3 Å². The summed E-state index contributed by atoms with van der Waals surface area (Å²) >= 11 is 0. The zero-order valence-electron chi connectivity index (χ0n) is 11.9. The fourth-order valence-electron chi connectivity index (χ4n) is 2.36. The van der Waals surface area contributed by atoms with E-state index in [1.54, 1.807) is 29.7 Å². The Bertz CT molecular complexity index is 686. The van der Waals surface area contributed by atoms with Crippen LogP contribution in [0.2, 0.25) is 0 Å². The minimum Gasteiger partial charge on any atom is -0.481 e. The number of carbonyl (C=O) groups is 2. The maximum Gasteiger partial charge on any atom is 0.305 e. The Kier molecular flexibility index (Phi) is 4.21. The van der Waals surface area contributed by atoms with E-state index in [1.165, 1.54) is 19.1 Å². The number of aromatic nitrogens is 1. The molecule has 5 heteroatoms. The minimum atomic E-state index is -0.905. The van der Waals surface area contributed by atoms with Crippen molar-refractivity contribution in [2.45, 2.75) is 26.8 Å². The van der Waals surface area contributed by atoms with Crippen LogP contribution >= 0.6 is 0 Å². The molecule has 0 saturated heterocycles. The maximum atomic E-state index is 13.0. The van der Waals surface area contributed by atoms with Crippen LogP contribution in [0.3, 0.4) is 0 Å². The number of Topliss-reactive ketones (excluding diaryl/α,β-unsaturated/α-hetero) is 1. The fraction of sp³-hybridized carbons (Fsp3) is 0.250. The van der Waals surface area contributed by atoms with Crippen LogP contribution in [-0.2, 0) is 11.3 Å². The van der Waals surface area contributed by atoms with Gasteiger partial charge in [0.1, 0.15) is 5.82 Å². The second-order valence-electron chi connectivity index (χ2n) is 4.89. The summed E-state index contributed by atoms with van der Waals surface area (Å²) in [7, 11) is 0. The average molecular weight is 289 g/mol. The predicted molar refractivity (Wildman–Crippen MR) is 76.8 cm³/mol. The van der Waals surface area contributed by atoms with Gasteiger partial charge in [-0.1, -0.05) is 0 Å². The van der Waals surface area contributed by atoms with Crippen molar-refractivity contribution in [2.75, 3.05) is 0 Å². The third kappa shape index (κ3) is 3.18. The molecule has 1 N–H and O–H groups in total. The Balaban J connectivity index is 2.52. The van der Waals surface area contributed by atoms with E-state index in [2.05, 4.69) is 0 Å². The molecule has 0 unspecified atom stereocenters. The van der Waals surface area contributed by atoms with Gasteiger partial charge >= 0.3 is 5.97 Å². The molecule has 1 aromatic carbocycles. The van der Waals surface area contributed by atoms with Crippen molar-refractivity contribution in [1.29, 1.82) is 0 Å². The first-order valence-corrected chi connectivity index (χ1v) is 6.59. The zero-order valence-corrected chi connectivity index (χ0v) is 11.9. The van der Waals surface area contributed by atoms with E-state index >= 15 is 0 Å². The molecule has 1 heterocycles. The van der Waals surface area contributed by atoms with Gasteiger partial charge in [0.2, 0.25) is 0 Å². The van der Waals surface area contributed by atoms with Crippen LogP contribution in [0.4, 0.5) is 4.39 Å². The van der Waals surface area contributed by atoms with Gasteiger partial charge in [0.05, 0.1) is 6.42 Å². The molecule has 4 nitrogen and oxygen atoms in total. The van der Waals surface area contributed by atoms with Crippen LogP contribution in [-0.4, -0.2) is 21.4 Å². The summed E-state index contributed by atoms with van der Waals surface area (Å²) in [6.45, 7) is 3.52. The zero-order chi connectivity index (χ0) is 15.6. The van der Waals surface area contributed by atoms with Gasteiger partial charge in [-0.2, -0.15) is 0 Å². The molecule has 0 atom stereocenters. The molecule has 0 aliphatic carbocycles. The highest BCUT2D eigenvalue weighted by molar-refractivity contribution is 5.96. The summed E-state index contributed by atoms with van der Waals surface area (Å²) in [6, 6.07) is 7.64. The Hall–Kier alpha value is -2.43. The van der Waals surface area contributed by atoms with Crippen LogP contribution in [0.15, 0.2) is 30.3 Å². The quantitative estimate of drug-likeness (QED) is 0.859. The van der Waals surface area contributed by atoms with Crippen LogP contribution in [0.1, 0.15) is 29.4 Å². The Morgan fingerprint density at radius 1 is 1.24 bits per heavy atom. The van der Waals surface area contributed by atoms with E-state index in [9.17, 15) is 14.0 Å². The molecule has 21 heavy (non-hydrogen) atoms. The number of benzene rings is 1. The van der Waals surface area contributed by atoms with Gasteiger partial charge in [-0.3, -0.25) is 9.59 Å². The minimum absolute atomic E-state index is 0.0406. The number of ketones is 1. The molecule has 0 radical (unpaired) electrons. The van der Waals surface area contributed by atoms with Crippen molar-refractivity contribution >= 4 is 11.8 Å². The molecule has 2 rings (SSSR count). The van der Waals surface area contributed by atoms with Crippen molar-refractivity contribution in [3.8, 4) is 11.3 Å². The molecule has 2 aromatic rings. The first kappa shape index (κ1) is 15.0. The van der Waals surface area contributed by atoms with E-state index in [4.69, 9.17) is 5.11 Å². The lowest BCUT2D eigenvalue weighted by atomic mass is 10.1. The SMILES string of the molecule is CC(=O)c1cc(-c2ccc(F)cc2)n(CCC(=O)O)c1C. The van der Waals surface area contributed by atoms with Gasteiger partial charge in [0, 0.05) is 23.5 Å². The number of nitrogens with zero attached hydrogens (tertiary/aromatic N) is 1. The molecule has 0 bridgehead atoms. The standard InChI is InChI=1S/C16H16FNO3/c1-10-14(11(2)19)9-15(18(10)8-7-16(20)21)12-3-5-13(17)6-4-12/h3-6,9H,7-8H2,1-2H3,(H,20,21). The lowest BCUT2D eigenvalue weighted by Gasteiger charge is -2.10. The molecule has 1 aromatic heterocycles. The number of carbonyl (C=O) groups excluding carboxylic acids is 1. The second kappa shape index (κ2) is 5.91. The summed E-state index contributed by atoms with van der Waals surface area (Å²) in [5, 5.41) is 8.85. The summed E-state index contributed by atoms with van der Waals surface area (Å²) in [6.07, 6.45) is -0.0406. The summed E-state index contributed by atoms with van der Waals surface area (Å²) in [4.78, 5) is 22.5. The molecule has 0 aliphatic rings. The van der Waals surface area contributed by atoms with Gasteiger partial charge in [-0.25, -0.2) is 4.39 Å². The summed E-state index contributed by atoms with van der Waals surface area (Å²) in [5.74, 6) is -1.33. The highest BCUT2D eigenvalue weighted by Gasteiger charge is 2.16. The van der Waals surface area contributed by atoms with Gasteiger partial charge in [0.15, 0.2) is 5.78 Å². The highest BCUT2D eigenvalue weighted by Crippen LogP contribution is 2.27. The molecular weight excluding hydrogens is 273 g/mol. The number of hydrogen-bond acceptors (Lipinski definition) is 2. The molecule has 0 saturated carbocycles. The largest absolute Gasteiger partial charge is 0.481 e. The van der Waals surface area contributed by atoms with Crippen molar-refractivity contribution in [2.24, 2.45) is 0 Å². The number of carboxylic acid groups (broad SMARTS) is 1. The summed E-state index contributed by atoms with van der Waals surface area (Å²) < 4.78 is 14.8. The Labute approximate surface area is 121 Å². The number of halogens is 1. The average Bonchev–Trinajstić information content (AvgIpc) is 2.74. The number of aliphatic carboxylic acids is 1. The molecular formula is C16H16FNO3. The second-order valence-corrected chi connectivity index (χ2v) is 4.89. The smallest absolute Gasteiger partial charge is 0.305 e. The van der Waals surface area contributed by atoms with Gasteiger partial charge in [-0.05, 0) is 49.7 Å². The van der Waals surface area contributed by atoms with Crippen LogP contribution in [0.25, 0.3) is 11.3 Å². The van der Waals surface area contributed by atoms with Crippen molar-refractivity contribution in [1.82, 2.24) is 4.57 Å². The molecule has 0 aliphatic heterocycles. The first-order valence-electron chi connectivity index (χ1n) is 6.59. The number of carboxylic acids is 1. The Morgan fingerprint density at radius 3 is 2.38 bits per heavy atom. The molecule has 0 fully saturated rings. The third-order valence-corrected chi connectivity index (χ3v) is 3.44. The lowest BCUT2D eigenvalue weighted by molar-refractivity contribution is -0.137. The molecule has 0 spiro atoms. The molecule has 0 amide bonds. The predicted octanol–water partition coefficient (Wildman–Crippen LogP) is 3.28. The van der Waals surface area contributed by atoms with Gasteiger partial charge < -0.3 is 9.67 Å². The van der Waals surface area contributed by atoms with E-state index in [1.807, 2.05) is 0 Å². The van der Waals surface area contributed by atoms with E-state index in [-0.39, 0.29) is 24.6 Å².